The summed E-state index contributed by atoms with van der Waals surface area (Å²) in [5.74, 6) is 0.795. The molecule has 1 unspecified atom stereocenters. The number of fused-ring (bicyclic) bond motifs is 1. The third-order valence-electron chi connectivity index (χ3n) is 3.18. The van der Waals surface area contributed by atoms with Crippen LogP contribution in [-0.4, -0.2) is 35.6 Å². The lowest BCUT2D eigenvalue weighted by Crippen LogP contribution is -2.49. The number of piperazine rings is 1. The number of benzene rings is 1. The maximum absolute atomic E-state index is 6.25. The highest BCUT2D eigenvalue weighted by Crippen LogP contribution is 2.25. The summed E-state index contributed by atoms with van der Waals surface area (Å²) in [6, 6.07) is 8.25. The van der Waals surface area contributed by atoms with Crippen LogP contribution in [0.3, 0.4) is 0 Å². The lowest BCUT2D eigenvalue weighted by atomic mass is 10.2. The van der Waals surface area contributed by atoms with E-state index in [4.69, 9.17) is 11.6 Å². The summed E-state index contributed by atoms with van der Waals surface area (Å²) in [5, 5.41) is 3.89. The third kappa shape index (κ3) is 2.91. The monoisotopic (exact) mass is 298 g/mol. The number of aromatic nitrogens is 2. The Hall–Kier alpha value is -1.10. The molecule has 1 saturated heterocycles. The number of nitrogens with zero attached hydrogens (tertiary/aromatic N) is 3. The molecule has 19 heavy (non-hydrogen) atoms. The summed E-state index contributed by atoms with van der Waals surface area (Å²) in [7, 11) is 0. The van der Waals surface area contributed by atoms with Gasteiger partial charge in [-0.1, -0.05) is 23.7 Å². The predicted molar refractivity (Wildman–Crippen MR) is 81.5 cm³/mol. The second-order valence-electron chi connectivity index (χ2n) is 4.63. The molecule has 1 aliphatic rings. The number of hydrogen-bond acceptors (Lipinski definition) is 4. The van der Waals surface area contributed by atoms with Gasteiger partial charge in [-0.3, -0.25) is 0 Å². The highest BCUT2D eigenvalue weighted by molar-refractivity contribution is 6.32. The van der Waals surface area contributed by atoms with E-state index in [1.165, 1.54) is 0 Å². The molecular weight excluding hydrogens is 283 g/mol. The van der Waals surface area contributed by atoms with Gasteiger partial charge >= 0.3 is 0 Å². The van der Waals surface area contributed by atoms with Crippen molar-refractivity contribution in [2.75, 3.05) is 24.5 Å². The van der Waals surface area contributed by atoms with Gasteiger partial charge in [0.1, 0.15) is 0 Å². The minimum atomic E-state index is 0. The van der Waals surface area contributed by atoms with Gasteiger partial charge in [0.25, 0.3) is 0 Å². The lowest BCUT2D eigenvalue weighted by Gasteiger charge is -2.33. The summed E-state index contributed by atoms with van der Waals surface area (Å²) in [4.78, 5) is 11.3. The summed E-state index contributed by atoms with van der Waals surface area (Å²) in [5.41, 5.74) is 1.73. The zero-order chi connectivity index (χ0) is 12.5. The summed E-state index contributed by atoms with van der Waals surface area (Å²) < 4.78 is 0. The van der Waals surface area contributed by atoms with Gasteiger partial charge in [-0.25, -0.2) is 9.97 Å². The Morgan fingerprint density at radius 3 is 2.63 bits per heavy atom. The zero-order valence-corrected chi connectivity index (χ0v) is 12.2. The van der Waals surface area contributed by atoms with Gasteiger partial charge in [0, 0.05) is 25.7 Å². The van der Waals surface area contributed by atoms with E-state index in [9.17, 15) is 0 Å². The fourth-order valence-corrected chi connectivity index (χ4v) is 2.55. The molecule has 1 aliphatic heterocycles. The normalized spacial score (nSPS) is 19.3. The first-order valence-electron chi connectivity index (χ1n) is 6.14. The molecule has 1 atom stereocenters. The average molecular weight is 299 g/mol. The Bertz CT molecular complexity index is 576. The van der Waals surface area contributed by atoms with E-state index in [1.807, 2.05) is 24.3 Å². The Balaban J connectivity index is 0.00000133. The van der Waals surface area contributed by atoms with Crippen LogP contribution in [0.25, 0.3) is 11.0 Å². The van der Waals surface area contributed by atoms with E-state index in [0.717, 1.165) is 36.5 Å². The molecule has 6 heteroatoms. The van der Waals surface area contributed by atoms with Crippen molar-refractivity contribution < 1.29 is 0 Å². The topological polar surface area (TPSA) is 41.1 Å². The van der Waals surface area contributed by atoms with Crippen molar-refractivity contribution in [1.82, 2.24) is 15.3 Å². The fourth-order valence-electron chi connectivity index (χ4n) is 2.30. The SMILES string of the molecule is CC1CN(c2nc3ccccc3nc2Cl)CCN1.Cl. The van der Waals surface area contributed by atoms with E-state index >= 15 is 0 Å². The van der Waals surface area contributed by atoms with Gasteiger partial charge in [0.05, 0.1) is 11.0 Å². The van der Waals surface area contributed by atoms with Crippen molar-refractivity contribution in [2.45, 2.75) is 13.0 Å². The minimum absolute atomic E-state index is 0. The molecule has 1 aromatic carbocycles. The van der Waals surface area contributed by atoms with Crippen LogP contribution in [0.4, 0.5) is 5.82 Å². The van der Waals surface area contributed by atoms with Gasteiger partial charge < -0.3 is 10.2 Å². The highest BCUT2D eigenvalue weighted by Gasteiger charge is 2.20. The molecule has 1 N–H and O–H groups in total. The number of rotatable bonds is 1. The Kier molecular flexibility index (Phi) is 4.45. The molecular formula is C13H16Cl2N4. The number of nitrogens with one attached hydrogen (secondary N) is 1. The molecule has 1 aromatic heterocycles. The van der Waals surface area contributed by atoms with Crippen LogP contribution in [0.2, 0.25) is 5.15 Å². The Labute approximate surface area is 123 Å². The summed E-state index contributed by atoms with van der Waals surface area (Å²) in [6.45, 7) is 4.93. The Morgan fingerprint density at radius 2 is 1.95 bits per heavy atom. The van der Waals surface area contributed by atoms with Crippen molar-refractivity contribution in [2.24, 2.45) is 0 Å². The second-order valence-corrected chi connectivity index (χ2v) is 4.99. The van der Waals surface area contributed by atoms with E-state index in [2.05, 4.69) is 27.1 Å². The largest absolute Gasteiger partial charge is 0.351 e. The molecule has 0 aliphatic carbocycles. The van der Waals surface area contributed by atoms with Crippen LogP contribution in [0, 0.1) is 0 Å². The standard InChI is InChI=1S/C13H15ClN4.ClH/c1-9-8-18(7-6-15-9)13-12(14)16-10-4-2-3-5-11(10)17-13;/h2-5,9,15H,6-8H2,1H3;1H. The van der Waals surface area contributed by atoms with Gasteiger partial charge in [-0.2, -0.15) is 0 Å². The van der Waals surface area contributed by atoms with Gasteiger partial charge in [-0.05, 0) is 19.1 Å². The van der Waals surface area contributed by atoms with Crippen LogP contribution in [0.1, 0.15) is 6.92 Å². The van der Waals surface area contributed by atoms with E-state index in [1.54, 1.807) is 0 Å². The summed E-state index contributed by atoms with van der Waals surface area (Å²) in [6.07, 6.45) is 0. The maximum atomic E-state index is 6.25. The number of hydrogen-bond donors (Lipinski definition) is 1. The lowest BCUT2D eigenvalue weighted by molar-refractivity contribution is 0.482. The quantitative estimate of drug-likeness (QED) is 0.878. The molecule has 0 spiro atoms. The van der Waals surface area contributed by atoms with Crippen molar-refractivity contribution in [1.29, 1.82) is 0 Å². The van der Waals surface area contributed by atoms with Crippen molar-refractivity contribution >= 4 is 40.9 Å². The van der Waals surface area contributed by atoms with Crippen LogP contribution < -0.4 is 10.2 Å². The maximum Gasteiger partial charge on any atom is 0.172 e. The van der Waals surface area contributed by atoms with Crippen LogP contribution in [-0.2, 0) is 0 Å². The first-order valence-corrected chi connectivity index (χ1v) is 6.52. The molecule has 102 valence electrons. The molecule has 4 nitrogen and oxygen atoms in total. The third-order valence-corrected chi connectivity index (χ3v) is 3.43. The molecule has 0 amide bonds. The van der Waals surface area contributed by atoms with E-state index in [0.29, 0.717) is 11.2 Å². The Morgan fingerprint density at radius 1 is 1.26 bits per heavy atom. The number of halogens is 2. The van der Waals surface area contributed by atoms with Crippen LogP contribution in [0.15, 0.2) is 24.3 Å². The molecule has 0 radical (unpaired) electrons. The molecule has 2 heterocycles. The van der Waals surface area contributed by atoms with E-state index < -0.39 is 0 Å². The van der Waals surface area contributed by atoms with Crippen LogP contribution >= 0.6 is 24.0 Å². The van der Waals surface area contributed by atoms with Crippen molar-refractivity contribution in [3.63, 3.8) is 0 Å². The average Bonchev–Trinajstić information content (AvgIpc) is 2.38. The molecule has 0 saturated carbocycles. The van der Waals surface area contributed by atoms with Gasteiger partial charge in [0.2, 0.25) is 0 Å². The van der Waals surface area contributed by atoms with Gasteiger partial charge in [-0.15, -0.1) is 12.4 Å². The van der Waals surface area contributed by atoms with Gasteiger partial charge in [0.15, 0.2) is 11.0 Å². The van der Waals surface area contributed by atoms with Crippen LogP contribution in [0.5, 0.6) is 0 Å². The minimum Gasteiger partial charge on any atom is -0.351 e. The molecule has 3 rings (SSSR count). The molecule has 0 bridgehead atoms. The second kappa shape index (κ2) is 5.90. The first kappa shape index (κ1) is 14.3. The molecule has 2 aromatic rings. The highest BCUT2D eigenvalue weighted by atomic mass is 35.5. The zero-order valence-electron chi connectivity index (χ0n) is 10.6. The molecule has 1 fully saturated rings. The first-order chi connectivity index (χ1) is 8.74. The smallest absolute Gasteiger partial charge is 0.172 e. The van der Waals surface area contributed by atoms with Crippen molar-refractivity contribution in [3.8, 4) is 0 Å². The number of para-hydroxylation sites is 2. The predicted octanol–water partition coefficient (Wildman–Crippen LogP) is 2.50. The number of anilines is 1. The van der Waals surface area contributed by atoms with Crippen molar-refractivity contribution in [3.05, 3.63) is 29.4 Å². The fraction of sp³-hybridized carbons (Fsp3) is 0.385. The summed E-state index contributed by atoms with van der Waals surface area (Å²) >= 11 is 6.25. The van der Waals surface area contributed by atoms with E-state index in [-0.39, 0.29) is 12.4 Å².